The predicted octanol–water partition coefficient (Wildman–Crippen LogP) is 2.51. The van der Waals surface area contributed by atoms with Crippen LogP contribution in [-0.2, 0) is 14.0 Å². The summed E-state index contributed by atoms with van der Waals surface area (Å²) in [6, 6.07) is 8.11. The second kappa shape index (κ2) is 7.88. The SMILES string of the molecule is CN(CCN(C)c1cccc(B2OCC(C)(C)O2)c1)C(=O)OC(C)(C)C. The first kappa shape index (κ1) is 20.6. The van der Waals surface area contributed by atoms with Gasteiger partial charge in [-0.2, -0.15) is 0 Å². The molecule has 1 aliphatic heterocycles. The summed E-state index contributed by atoms with van der Waals surface area (Å²) in [6.07, 6.45) is -0.311. The van der Waals surface area contributed by atoms with Gasteiger partial charge >= 0.3 is 13.2 Å². The highest BCUT2D eigenvalue weighted by atomic mass is 16.7. The fourth-order valence-corrected chi connectivity index (χ4v) is 2.57. The third-order valence-corrected chi connectivity index (χ3v) is 4.07. The van der Waals surface area contributed by atoms with Crippen LogP contribution in [0.4, 0.5) is 10.5 Å². The summed E-state index contributed by atoms with van der Waals surface area (Å²) in [4.78, 5) is 15.7. The molecule has 0 aliphatic carbocycles. The van der Waals surface area contributed by atoms with E-state index in [2.05, 4.69) is 11.0 Å². The quantitative estimate of drug-likeness (QED) is 0.754. The number of hydrogen-bond donors (Lipinski definition) is 0. The molecule has 1 aromatic rings. The van der Waals surface area contributed by atoms with Gasteiger partial charge < -0.3 is 23.8 Å². The molecule has 1 heterocycles. The first-order valence-electron chi connectivity index (χ1n) is 9.01. The van der Waals surface area contributed by atoms with Gasteiger partial charge in [0.25, 0.3) is 0 Å². The Morgan fingerprint density at radius 1 is 1.27 bits per heavy atom. The summed E-state index contributed by atoms with van der Waals surface area (Å²) >= 11 is 0. The van der Waals surface area contributed by atoms with Crippen molar-refractivity contribution in [3.05, 3.63) is 24.3 Å². The first-order valence-corrected chi connectivity index (χ1v) is 9.01. The van der Waals surface area contributed by atoms with Gasteiger partial charge in [-0.15, -0.1) is 0 Å². The van der Waals surface area contributed by atoms with Gasteiger partial charge in [0.2, 0.25) is 0 Å². The van der Waals surface area contributed by atoms with Gasteiger partial charge in [0, 0.05) is 32.9 Å². The maximum absolute atomic E-state index is 12.0. The number of likely N-dealkylation sites (N-methyl/N-ethyl adjacent to an activating group) is 2. The van der Waals surface area contributed by atoms with Crippen LogP contribution in [0, 0.1) is 0 Å². The number of benzene rings is 1. The monoisotopic (exact) mass is 362 g/mol. The van der Waals surface area contributed by atoms with Crippen molar-refractivity contribution in [1.29, 1.82) is 0 Å². The molecule has 1 amide bonds. The number of carbonyl (C=O) groups is 1. The van der Waals surface area contributed by atoms with E-state index >= 15 is 0 Å². The smallest absolute Gasteiger partial charge is 0.444 e. The van der Waals surface area contributed by atoms with Gasteiger partial charge in [0.15, 0.2) is 0 Å². The summed E-state index contributed by atoms with van der Waals surface area (Å²) in [7, 11) is 3.42. The van der Waals surface area contributed by atoms with Crippen molar-refractivity contribution in [3.8, 4) is 0 Å². The molecule has 7 heteroatoms. The summed E-state index contributed by atoms with van der Waals surface area (Å²) in [5, 5.41) is 0. The lowest BCUT2D eigenvalue weighted by atomic mass is 9.79. The molecule has 144 valence electrons. The highest BCUT2D eigenvalue weighted by molar-refractivity contribution is 6.62. The van der Waals surface area contributed by atoms with Crippen molar-refractivity contribution >= 4 is 24.4 Å². The van der Waals surface area contributed by atoms with Gasteiger partial charge in [-0.1, -0.05) is 12.1 Å². The molecule has 0 saturated carbocycles. The molecule has 0 bridgehead atoms. The van der Waals surface area contributed by atoms with Gasteiger partial charge in [0.1, 0.15) is 5.60 Å². The average Bonchev–Trinajstić information content (AvgIpc) is 2.90. The van der Waals surface area contributed by atoms with Crippen LogP contribution in [0.1, 0.15) is 34.6 Å². The molecule has 6 nitrogen and oxygen atoms in total. The van der Waals surface area contributed by atoms with Gasteiger partial charge in [-0.25, -0.2) is 4.79 Å². The number of nitrogens with zero attached hydrogens (tertiary/aromatic N) is 2. The number of hydrogen-bond acceptors (Lipinski definition) is 5. The Kier molecular flexibility index (Phi) is 6.24. The van der Waals surface area contributed by atoms with Gasteiger partial charge in [0.05, 0.1) is 12.2 Å². The van der Waals surface area contributed by atoms with E-state index in [-0.39, 0.29) is 18.8 Å². The molecule has 0 atom stereocenters. The van der Waals surface area contributed by atoms with E-state index in [1.807, 2.05) is 59.9 Å². The maximum Gasteiger partial charge on any atom is 0.494 e. The Balaban J connectivity index is 1.92. The highest BCUT2D eigenvalue weighted by Gasteiger charge is 2.38. The molecule has 0 radical (unpaired) electrons. The standard InChI is InChI=1S/C19H31BN2O4/c1-18(2,3)25-17(23)22(7)12-11-21(6)16-10-8-9-15(13-16)20-24-14-19(4,5)26-20/h8-10,13H,11-12,14H2,1-7H3. The first-order chi connectivity index (χ1) is 12.0. The number of rotatable bonds is 5. The van der Waals surface area contributed by atoms with E-state index in [0.717, 1.165) is 11.2 Å². The van der Waals surface area contributed by atoms with Gasteiger partial charge in [-0.05, 0) is 52.2 Å². The Labute approximate surface area is 157 Å². The van der Waals surface area contributed by atoms with Crippen LogP contribution in [0.25, 0.3) is 0 Å². The molecule has 1 aromatic carbocycles. The zero-order valence-corrected chi connectivity index (χ0v) is 17.0. The van der Waals surface area contributed by atoms with Crippen LogP contribution in [-0.4, -0.2) is 63.1 Å². The van der Waals surface area contributed by atoms with Crippen LogP contribution in [0.5, 0.6) is 0 Å². The van der Waals surface area contributed by atoms with E-state index in [0.29, 0.717) is 19.7 Å². The largest absolute Gasteiger partial charge is 0.494 e. The molecule has 26 heavy (non-hydrogen) atoms. The molecule has 0 aromatic heterocycles. The van der Waals surface area contributed by atoms with E-state index in [1.165, 1.54) is 0 Å². The minimum absolute atomic E-state index is 0.261. The highest BCUT2D eigenvalue weighted by Crippen LogP contribution is 2.20. The summed E-state index contributed by atoms with van der Waals surface area (Å²) in [5.41, 5.74) is 1.31. The van der Waals surface area contributed by atoms with E-state index < -0.39 is 5.60 Å². The average molecular weight is 362 g/mol. The molecular weight excluding hydrogens is 331 g/mol. The molecule has 1 aliphatic rings. The lowest BCUT2D eigenvalue weighted by Crippen LogP contribution is -2.39. The van der Waals surface area contributed by atoms with E-state index in [4.69, 9.17) is 14.0 Å². The van der Waals surface area contributed by atoms with Crippen molar-refractivity contribution in [2.75, 3.05) is 38.7 Å². The van der Waals surface area contributed by atoms with Crippen LogP contribution >= 0.6 is 0 Å². The third kappa shape index (κ3) is 5.92. The molecule has 1 fully saturated rings. The zero-order chi connectivity index (χ0) is 19.5. The molecular formula is C19H31BN2O4. The second-order valence-corrected chi connectivity index (χ2v) is 8.44. The third-order valence-electron chi connectivity index (χ3n) is 4.07. The van der Waals surface area contributed by atoms with E-state index in [1.54, 1.807) is 11.9 Å². The Morgan fingerprint density at radius 2 is 1.96 bits per heavy atom. The summed E-state index contributed by atoms with van der Waals surface area (Å²) in [6.45, 7) is 11.5. The molecule has 0 spiro atoms. The maximum atomic E-state index is 12.0. The van der Waals surface area contributed by atoms with Crippen LogP contribution in [0.2, 0.25) is 0 Å². The number of amides is 1. The van der Waals surface area contributed by atoms with Crippen molar-refractivity contribution < 1.29 is 18.8 Å². The minimum Gasteiger partial charge on any atom is -0.444 e. The summed E-state index contributed by atoms with van der Waals surface area (Å²) in [5.74, 6) is 0. The molecule has 0 N–H and O–H groups in total. The lowest BCUT2D eigenvalue weighted by Gasteiger charge is -2.27. The van der Waals surface area contributed by atoms with Crippen LogP contribution < -0.4 is 10.4 Å². The fourth-order valence-electron chi connectivity index (χ4n) is 2.57. The molecule has 1 saturated heterocycles. The van der Waals surface area contributed by atoms with Crippen LogP contribution in [0.3, 0.4) is 0 Å². The van der Waals surface area contributed by atoms with Gasteiger partial charge in [-0.3, -0.25) is 0 Å². The van der Waals surface area contributed by atoms with Crippen LogP contribution in [0.15, 0.2) is 24.3 Å². The Hall–Kier alpha value is -1.73. The number of carbonyl (C=O) groups excluding carboxylic acids is 1. The Morgan fingerprint density at radius 3 is 2.54 bits per heavy atom. The lowest BCUT2D eigenvalue weighted by molar-refractivity contribution is 0.0303. The second-order valence-electron chi connectivity index (χ2n) is 8.44. The topological polar surface area (TPSA) is 51.2 Å². The number of anilines is 1. The zero-order valence-electron chi connectivity index (χ0n) is 17.0. The van der Waals surface area contributed by atoms with Crippen molar-refractivity contribution in [1.82, 2.24) is 4.90 Å². The minimum atomic E-state index is -0.485. The normalized spacial score (nSPS) is 16.5. The van der Waals surface area contributed by atoms with E-state index in [9.17, 15) is 4.79 Å². The van der Waals surface area contributed by atoms with Crippen molar-refractivity contribution in [2.24, 2.45) is 0 Å². The molecule has 0 unspecified atom stereocenters. The Bertz CT molecular complexity index is 630. The van der Waals surface area contributed by atoms with Crippen molar-refractivity contribution in [3.63, 3.8) is 0 Å². The predicted molar refractivity (Wildman–Crippen MR) is 105 cm³/mol. The van der Waals surface area contributed by atoms with Crippen molar-refractivity contribution in [2.45, 2.75) is 45.8 Å². The summed E-state index contributed by atoms with van der Waals surface area (Å²) < 4.78 is 17.1. The molecule has 2 rings (SSSR count). The fraction of sp³-hybridized carbons (Fsp3) is 0.632. The number of ether oxygens (including phenoxy) is 1.